The van der Waals surface area contributed by atoms with Gasteiger partial charge in [0.2, 0.25) is 0 Å². The smallest absolute Gasteiger partial charge is 0.266 e. The highest BCUT2D eigenvalue weighted by molar-refractivity contribution is 9.10. The first-order valence-electron chi connectivity index (χ1n) is 7.68. The maximum atomic E-state index is 13.0. The quantitative estimate of drug-likeness (QED) is 0.831. The second kappa shape index (κ2) is 6.84. The molecule has 2 aromatic rings. The van der Waals surface area contributed by atoms with Crippen LogP contribution in [0.25, 0.3) is 0 Å². The van der Waals surface area contributed by atoms with Gasteiger partial charge in [-0.05, 0) is 35.4 Å². The number of aliphatic imine (C=N–C) groups is 1. The summed E-state index contributed by atoms with van der Waals surface area (Å²) in [5.74, 6) is 0.449. The number of ether oxygens (including phenoxy) is 1. The molecule has 0 unspecified atom stereocenters. The van der Waals surface area contributed by atoms with E-state index in [-0.39, 0.29) is 18.5 Å². The number of nitrogens with two attached hydrogens (primary N) is 1. The van der Waals surface area contributed by atoms with Crippen LogP contribution in [0.4, 0.5) is 4.39 Å². The fraction of sp³-hybridized carbons (Fsp3) is 0.222. The number of carbonyl (C=O) groups is 1. The number of likely N-dealkylation sites (N-methyl/N-ethyl adjacent to an activating group) is 1. The van der Waals surface area contributed by atoms with Crippen LogP contribution < -0.4 is 10.5 Å². The highest BCUT2D eigenvalue weighted by Crippen LogP contribution is 2.40. The average Bonchev–Trinajstić information content (AvgIpc) is 2.85. The van der Waals surface area contributed by atoms with E-state index in [1.807, 2.05) is 24.3 Å². The number of rotatable bonds is 5. The van der Waals surface area contributed by atoms with Crippen LogP contribution in [-0.2, 0) is 10.3 Å². The fourth-order valence-corrected chi connectivity index (χ4v) is 3.25. The molecule has 2 aromatic carbocycles. The molecule has 1 aliphatic rings. The Morgan fingerprint density at radius 2 is 1.96 bits per heavy atom. The largest absolute Gasteiger partial charge is 0.491 e. The molecule has 2 N–H and O–H groups in total. The molecule has 0 bridgehead atoms. The third-order valence-electron chi connectivity index (χ3n) is 4.10. The van der Waals surface area contributed by atoms with E-state index in [9.17, 15) is 9.18 Å². The molecule has 1 aliphatic heterocycles. The van der Waals surface area contributed by atoms with Gasteiger partial charge in [-0.15, -0.1) is 0 Å². The van der Waals surface area contributed by atoms with E-state index in [4.69, 9.17) is 10.5 Å². The average molecular weight is 406 g/mol. The first-order chi connectivity index (χ1) is 12.0. The van der Waals surface area contributed by atoms with Gasteiger partial charge in [0.25, 0.3) is 5.91 Å². The zero-order valence-electron chi connectivity index (χ0n) is 13.6. The Morgan fingerprint density at radius 1 is 1.24 bits per heavy atom. The molecule has 5 nitrogen and oxygen atoms in total. The molecule has 130 valence electrons. The van der Waals surface area contributed by atoms with Crippen molar-refractivity contribution in [2.45, 2.75) is 5.54 Å². The lowest BCUT2D eigenvalue weighted by atomic mass is 9.83. The van der Waals surface area contributed by atoms with Gasteiger partial charge in [0.15, 0.2) is 11.5 Å². The highest BCUT2D eigenvalue weighted by atomic mass is 79.9. The predicted molar refractivity (Wildman–Crippen MR) is 97.2 cm³/mol. The molecule has 0 saturated carbocycles. The normalized spacial score (nSPS) is 19.9. The monoisotopic (exact) mass is 405 g/mol. The highest BCUT2D eigenvalue weighted by Gasteiger charge is 2.49. The minimum absolute atomic E-state index is 0.0110. The zero-order valence-corrected chi connectivity index (χ0v) is 15.2. The minimum atomic E-state index is -1.25. The van der Waals surface area contributed by atoms with Gasteiger partial charge in [0.1, 0.15) is 19.0 Å². The predicted octanol–water partition coefficient (Wildman–Crippen LogP) is 2.83. The fourth-order valence-electron chi connectivity index (χ4n) is 2.85. The van der Waals surface area contributed by atoms with Crippen molar-refractivity contribution in [3.8, 4) is 5.75 Å². The first kappa shape index (κ1) is 17.4. The Labute approximate surface area is 153 Å². The van der Waals surface area contributed by atoms with Crippen molar-refractivity contribution in [2.75, 3.05) is 20.3 Å². The first-order valence-corrected chi connectivity index (χ1v) is 8.47. The maximum Gasteiger partial charge on any atom is 0.266 e. The van der Waals surface area contributed by atoms with Crippen molar-refractivity contribution in [1.29, 1.82) is 0 Å². The molecule has 0 spiro atoms. The van der Waals surface area contributed by atoms with Gasteiger partial charge in [-0.3, -0.25) is 9.69 Å². The van der Waals surface area contributed by atoms with Crippen LogP contribution in [0.15, 0.2) is 58.0 Å². The van der Waals surface area contributed by atoms with Gasteiger partial charge in [0.05, 0.1) is 0 Å². The van der Waals surface area contributed by atoms with E-state index in [1.54, 1.807) is 31.3 Å². The lowest BCUT2D eigenvalue weighted by Crippen LogP contribution is -2.41. The molecular weight excluding hydrogens is 389 g/mol. The molecular formula is C18H17BrFN3O2. The van der Waals surface area contributed by atoms with Crippen LogP contribution in [0, 0.1) is 0 Å². The SMILES string of the molecule is CN1C(=O)[C@@](c2ccc(OCCF)cc2)(c2cccc(Br)c2)N=C1N. The molecule has 0 fully saturated rings. The van der Waals surface area contributed by atoms with Crippen molar-refractivity contribution in [1.82, 2.24) is 4.90 Å². The number of alkyl halides is 1. The van der Waals surface area contributed by atoms with E-state index in [0.29, 0.717) is 16.9 Å². The Balaban J connectivity index is 2.12. The molecule has 0 saturated heterocycles. The van der Waals surface area contributed by atoms with Crippen molar-refractivity contribution in [3.05, 3.63) is 64.1 Å². The summed E-state index contributed by atoms with van der Waals surface area (Å²) in [6, 6.07) is 14.3. The van der Waals surface area contributed by atoms with Gasteiger partial charge < -0.3 is 10.5 Å². The van der Waals surface area contributed by atoms with Crippen LogP contribution in [0.1, 0.15) is 11.1 Å². The van der Waals surface area contributed by atoms with Crippen molar-refractivity contribution in [2.24, 2.45) is 10.7 Å². The summed E-state index contributed by atoms with van der Waals surface area (Å²) in [6.07, 6.45) is 0. The number of guanidine groups is 1. The van der Waals surface area contributed by atoms with E-state index >= 15 is 0 Å². The van der Waals surface area contributed by atoms with Crippen LogP contribution in [0.5, 0.6) is 5.75 Å². The third kappa shape index (κ3) is 3.00. The number of hydrogen-bond donors (Lipinski definition) is 1. The van der Waals surface area contributed by atoms with Crippen LogP contribution in [0.3, 0.4) is 0 Å². The summed E-state index contributed by atoms with van der Waals surface area (Å²) >= 11 is 3.44. The van der Waals surface area contributed by atoms with E-state index in [1.165, 1.54) is 4.90 Å². The molecule has 0 radical (unpaired) electrons. The molecule has 1 amide bonds. The van der Waals surface area contributed by atoms with Crippen molar-refractivity contribution < 1.29 is 13.9 Å². The molecule has 0 aromatic heterocycles. The second-order valence-electron chi connectivity index (χ2n) is 5.62. The summed E-state index contributed by atoms with van der Waals surface area (Å²) in [7, 11) is 1.60. The van der Waals surface area contributed by atoms with Gasteiger partial charge in [-0.1, -0.05) is 40.2 Å². The number of nitrogens with zero attached hydrogens (tertiary/aromatic N) is 2. The standard InChI is InChI=1S/C18H17BrFN3O2/c1-23-16(24)18(22-17(23)21,13-3-2-4-14(19)11-13)12-5-7-15(8-6-12)25-10-9-20/h2-8,11H,9-10H2,1H3,(H2,21,22)/t18-/m1/s1. The Hall–Kier alpha value is -2.41. The van der Waals surface area contributed by atoms with Crippen LogP contribution in [-0.4, -0.2) is 37.1 Å². The summed E-state index contributed by atoms with van der Waals surface area (Å²) < 4.78 is 18.3. The Kier molecular flexibility index (Phi) is 4.76. The van der Waals surface area contributed by atoms with E-state index < -0.39 is 12.2 Å². The summed E-state index contributed by atoms with van der Waals surface area (Å²) in [4.78, 5) is 18.9. The number of amides is 1. The van der Waals surface area contributed by atoms with Crippen LogP contribution >= 0.6 is 15.9 Å². The minimum Gasteiger partial charge on any atom is -0.491 e. The molecule has 3 rings (SSSR count). The van der Waals surface area contributed by atoms with Gasteiger partial charge in [-0.2, -0.15) is 0 Å². The van der Waals surface area contributed by atoms with E-state index in [2.05, 4.69) is 20.9 Å². The Bertz CT molecular complexity index is 825. The third-order valence-corrected chi connectivity index (χ3v) is 4.59. The van der Waals surface area contributed by atoms with Crippen LogP contribution in [0.2, 0.25) is 0 Å². The molecule has 1 atom stereocenters. The Morgan fingerprint density at radius 3 is 2.52 bits per heavy atom. The van der Waals surface area contributed by atoms with Crippen molar-refractivity contribution in [3.63, 3.8) is 0 Å². The number of benzene rings is 2. The van der Waals surface area contributed by atoms with E-state index in [0.717, 1.165) is 4.47 Å². The lowest BCUT2D eigenvalue weighted by Gasteiger charge is -2.26. The molecule has 0 aliphatic carbocycles. The zero-order chi connectivity index (χ0) is 18.0. The number of hydrogen-bond acceptors (Lipinski definition) is 4. The molecule has 7 heteroatoms. The summed E-state index contributed by atoms with van der Waals surface area (Å²) in [6.45, 7) is -0.573. The summed E-state index contributed by atoms with van der Waals surface area (Å²) in [5, 5.41) is 0. The summed E-state index contributed by atoms with van der Waals surface area (Å²) in [5.41, 5.74) is 6.05. The van der Waals surface area contributed by atoms with Gasteiger partial charge in [0, 0.05) is 11.5 Å². The lowest BCUT2D eigenvalue weighted by molar-refractivity contribution is -0.129. The molecule has 25 heavy (non-hydrogen) atoms. The van der Waals surface area contributed by atoms with Gasteiger partial charge >= 0.3 is 0 Å². The maximum absolute atomic E-state index is 13.0. The second-order valence-corrected chi connectivity index (χ2v) is 6.53. The topological polar surface area (TPSA) is 67.9 Å². The number of halogens is 2. The van der Waals surface area contributed by atoms with Gasteiger partial charge in [-0.25, -0.2) is 9.38 Å². The molecule has 1 heterocycles. The number of carbonyl (C=O) groups excluding carboxylic acids is 1. The van der Waals surface area contributed by atoms with Crippen molar-refractivity contribution >= 4 is 27.8 Å².